The van der Waals surface area contributed by atoms with Crippen molar-refractivity contribution in [3.8, 4) is 0 Å². The molecule has 1 aliphatic rings. The van der Waals surface area contributed by atoms with Crippen LogP contribution in [0.15, 0.2) is 24.8 Å². The van der Waals surface area contributed by atoms with E-state index < -0.39 is 0 Å². The molecular weight excluding hydrogens is 306 g/mol. The predicted molar refractivity (Wildman–Crippen MR) is 92.4 cm³/mol. The predicted octanol–water partition coefficient (Wildman–Crippen LogP) is 1.58. The first-order valence-electron chi connectivity index (χ1n) is 8.02. The molecule has 8 heteroatoms. The van der Waals surface area contributed by atoms with Crippen molar-refractivity contribution < 1.29 is 4.79 Å². The summed E-state index contributed by atoms with van der Waals surface area (Å²) < 4.78 is 0. The van der Waals surface area contributed by atoms with Crippen molar-refractivity contribution in [2.75, 3.05) is 42.3 Å². The van der Waals surface area contributed by atoms with Gasteiger partial charge in [-0.1, -0.05) is 0 Å². The molecular formula is C16H21N7O. The molecule has 1 N–H and O–H groups in total. The summed E-state index contributed by atoms with van der Waals surface area (Å²) in [7, 11) is 3.78. The number of piperidine rings is 1. The van der Waals surface area contributed by atoms with Gasteiger partial charge in [0.1, 0.15) is 11.4 Å². The monoisotopic (exact) mass is 327 g/mol. The van der Waals surface area contributed by atoms with Gasteiger partial charge in [-0.25, -0.2) is 9.97 Å². The number of anilines is 3. The van der Waals surface area contributed by atoms with Gasteiger partial charge in [0.05, 0.1) is 12.4 Å². The lowest BCUT2D eigenvalue weighted by Crippen LogP contribution is -2.31. The highest BCUT2D eigenvalue weighted by molar-refractivity contribution is 6.04. The van der Waals surface area contributed by atoms with Gasteiger partial charge in [0.15, 0.2) is 5.82 Å². The molecule has 126 valence electrons. The van der Waals surface area contributed by atoms with Crippen LogP contribution in [0.4, 0.5) is 17.5 Å². The third-order valence-electron chi connectivity index (χ3n) is 3.86. The van der Waals surface area contributed by atoms with Crippen molar-refractivity contribution in [2.24, 2.45) is 0 Å². The number of nitrogens with zero attached hydrogens (tertiary/aromatic N) is 6. The number of hydrogen-bond donors (Lipinski definition) is 1. The van der Waals surface area contributed by atoms with E-state index in [9.17, 15) is 4.79 Å². The summed E-state index contributed by atoms with van der Waals surface area (Å²) >= 11 is 0. The number of nitrogens with one attached hydrogen (secondary N) is 1. The number of carbonyl (C=O) groups is 1. The smallest absolute Gasteiger partial charge is 0.276 e. The Kier molecular flexibility index (Phi) is 4.83. The van der Waals surface area contributed by atoms with Crippen LogP contribution in [-0.4, -0.2) is 53.0 Å². The minimum Gasteiger partial charge on any atom is -0.361 e. The number of aromatic nitrogens is 4. The van der Waals surface area contributed by atoms with E-state index in [0.717, 1.165) is 25.9 Å². The Labute approximate surface area is 141 Å². The summed E-state index contributed by atoms with van der Waals surface area (Å²) in [6.07, 6.45) is 9.66. The Bertz CT molecular complexity index is 699. The minimum absolute atomic E-state index is 0.252. The third kappa shape index (κ3) is 3.58. The summed E-state index contributed by atoms with van der Waals surface area (Å²) in [5, 5.41) is 2.81. The summed E-state index contributed by atoms with van der Waals surface area (Å²) in [5.74, 6) is 1.04. The normalized spacial score (nSPS) is 14.3. The maximum Gasteiger partial charge on any atom is 0.276 e. The van der Waals surface area contributed by atoms with Crippen molar-refractivity contribution in [1.82, 2.24) is 19.9 Å². The molecule has 8 nitrogen and oxygen atoms in total. The van der Waals surface area contributed by atoms with E-state index in [2.05, 4.69) is 30.2 Å². The van der Waals surface area contributed by atoms with Crippen LogP contribution >= 0.6 is 0 Å². The summed E-state index contributed by atoms with van der Waals surface area (Å²) in [4.78, 5) is 33.3. The molecule has 0 radical (unpaired) electrons. The van der Waals surface area contributed by atoms with Crippen LogP contribution in [0.25, 0.3) is 0 Å². The molecule has 24 heavy (non-hydrogen) atoms. The number of rotatable bonds is 4. The van der Waals surface area contributed by atoms with Crippen LogP contribution in [0, 0.1) is 0 Å². The molecule has 2 aromatic rings. The zero-order valence-corrected chi connectivity index (χ0v) is 13.9. The first kappa shape index (κ1) is 16.1. The zero-order chi connectivity index (χ0) is 16.9. The fourth-order valence-electron chi connectivity index (χ4n) is 2.64. The average molecular weight is 327 g/mol. The zero-order valence-electron chi connectivity index (χ0n) is 13.9. The van der Waals surface area contributed by atoms with Crippen molar-refractivity contribution >= 4 is 23.4 Å². The molecule has 1 amide bonds. The van der Waals surface area contributed by atoms with Gasteiger partial charge in [0.2, 0.25) is 5.95 Å². The summed E-state index contributed by atoms with van der Waals surface area (Å²) in [6.45, 7) is 1.94. The highest BCUT2D eigenvalue weighted by atomic mass is 16.1. The topological polar surface area (TPSA) is 87.1 Å². The Hall–Kier alpha value is -2.77. The maximum atomic E-state index is 12.3. The summed E-state index contributed by atoms with van der Waals surface area (Å²) in [5.41, 5.74) is 0.804. The quantitative estimate of drug-likeness (QED) is 0.912. The van der Waals surface area contributed by atoms with Crippen LogP contribution in [0.5, 0.6) is 0 Å². The van der Waals surface area contributed by atoms with Crippen LogP contribution < -0.4 is 15.1 Å². The van der Waals surface area contributed by atoms with E-state index in [1.165, 1.54) is 25.0 Å². The highest BCUT2D eigenvalue weighted by Gasteiger charge is 2.18. The van der Waals surface area contributed by atoms with Gasteiger partial charge in [-0.2, -0.15) is 4.98 Å². The molecule has 0 spiro atoms. The van der Waals surface area contributed by atoms with Crippen molar-refractivity contribution in [1.29, 1.82) is 0 Å². The van der Waals surface area contributed by atoms with E-state index >= 15 is 0 Å². The minimum atomic E-state index is -0.333. The van der Waals surface area contributed by atoms with Gasteiger partial charge in [-0.05, 0) is 19.3 Å². The van der Waals surface area contributed by atoms with Gasteiger partial charge in [0.25, 0.3) is 5.91 Å². The molecule has 3 heterocycles. The molecule has 0 unspecified atom stereocenters. The lowest BCUT2D eigenvalue weighted by atomic mass is 10.1. The second kappa shape index (κ2) is 7.20. The SMILES string of the molecule is CN(C)c1nc(N2CCCCC2)ncc1NC(=O)c1cnccn1. The van der Waals surface area contributed by atoms with E-state index in [1.807, 2.05) is 19.0 Å². The van der Waals surface area contributed by atoms with Crippen LogP contribution in [0.2, 0.25) is 0 Å². The Morgan fingerprint density at radius 2 is 1.92 bits per heavy atom. The highest BCUT2D eigenvalue weighted by Crippen LogP contribution is 2.25. The van der Waals surface area contributed by atoms with Crippen LogP contribution in [-0.2, 0) is 0 Å². The largest absolute Gasteiger partial charge is 0.361 e. The fraction of sp³-hybridized carbons (Fsp3) is 0.438. The molecule has 0 bridgehead atoms. The molecule has 2 aromatic heterocycles. The second-order valence-electron chi connectivity index (χ2n) is 5.89. The van der Waals surface area contributed by atoms with Crippen molar-refractivity contribution in [3.05, 3.63) is 30.5 Å². The lowest BCUT2D eigenvalue weighted by Gasteiger charge is -2.28. The number of carbonyl (C=O) groups excluding carboxylic acids is 1. The average Bonchev–Trinajstić information content (AvgIpc) is 2.63. The van der Waals surface area contributed by atoms with Gasteiger partial charge in [-0.15, -0.1) is 0 Å². The van der Waals surface area contributed by atoms with Crippen LogP contribution in [0.1, 0.15) is 29.8 Å². The molecule has 0 saturated carbocycles. The lowest BCUT2D eigenvalue weighted by molar-refractivity contribution is 0.102. The van der Waals surface area contributed by atoms with E-state index in [-0.39, 0.29) is 11.6 Å². The number of hydrogen-bond acceptors (Lipinski definition) is 7. The molecule has 1 fully saturated rings. The number of amides is 1. The molecule has 1 aliphatic heterocycles. The van der Waals surface area contributed by atoms with E-state index in [0.29, 0.717) is 17.5 Å². The Balaban J connectivity index is 1.83. The fourth-order valence-corrected chi connectivity index (χ4v) is 2.64. The second-order valence-corrected chi connectivity index (χ2v) is 5.89. The summed E-state index contributed by atoms with van der Waals surface area (Å²) in [6, 6.07) is 0. The molecule has 0 atom stereocenters. The van der Waals surface area contributed by atoms with Gasteiger partial charge in [0, 0.05) is 39.6 Å². The van der Waals surface area contributed by atoms with Crippen LogP contribution in [0.3, 0.4) is 0 Å². The standard InChI is InChI=1S/C16H21N7O/c1-22(2)14-12(20-15(24)13-10-17-6-7-18-13)11-19-16(21-14)23-8-4-3-5-9-23/h6-7,10-11H,3-5,8-9H2,1-2H3,(H,20,24). The van der Waals surface area contributed by atoms with Gasteiger partial charge in [-0.3, -0.25) is 9.78 Å². The van der Waals surface area contributed by atoms with E-state index in [1.54, 1.807) is 6.20 Å². The van der Waals surface area contributed by atoms with Crippen molar-refractivity contribution in [3.63, 3.8) is 0 Å². The van der Waals surface area contributed by atoms with Gasteiger partial charge >= 0.3 is 0 Å². The molecule has 0 aliphatic carbocycles. The van der Waals surface area contributed by atoms with Crippen molar-refractivity contribution in [2.45, 2.75) is 19.3 Å². The third-order valence-corrected chi connectivity index (χ3v) is 3.86. The Morgan fingerprint density at radius 1 is 1.12 bits per heavy atom. The van der Waals surface area contributed by atoms with E-state index in [4.69, 9.17) is 0 Å². The Morgan fingerprint density at radius 3 is 2.58 bits per heavy atom. The molecule has 0 aromatic carbocycles. The van der Waals surface area contributed by atoms with Gasteiger partial charge < -0.3 is 15.1 Å². The molecule has 3 rings (SSSR count). The first-order chi connectivity index (χ1) is 11.6. The maximum absolute atomic E-state index is 12.3. The molecule has 1 saturated heterocycles. The first-order valence-corrected chi connectivity index (χ1v) is 8.02.